The molecule has 6 heteroatoms. The molecule has 0 aliphatic carbocycles. The van der Waals surface area contributed by atoms with Crippen molar-refractivity contribution in [1.29, 1.82) is 0 Å². The number of guanidine groups is 1. The molecule has 1 saturated heterocycles. The van der Waals surface area contributed by atoms with Gasteiger partial charge < -0.3 is 10.6 Å². The lowest BCUT2D eigenvalue weighted by atomic mass is 10.0. The van der Waals surface area contributed by atoms with E-state index in [4.69, 9.17) is 10.7 Å². The largest absolute Gasteiger partial charge is 0.370 e. The average Bonchev–Trinajstić information content (AvgIpc) is 3.05. The van der Waals surface area contributed by atoms with Gasteiger partial charge >= 0.3 is 0 Å². The summed E-state index contributed by atoms with van der Waals surface area (Å²) in [7, 11) is 0. The zero-order chi connectivity index (χ0) is 15.9. The monoisotopic (exact) mass is 450 g/mol. The van der Waals surface area contributed by atoms with Crippen LogP contribution in [0, 0.1) is 5.92 Å². The number of nitrogens with two attached hydrogens (primary N) is 1. The highest BCUT2D eigenvalue weighted by molar-refractivity contribution is 14.0. The first-order valence-corrected chi connectivity index (χ1v) is 9.41. The predicted octanol–water partition coefficient (Wildman–Crippen LogP) is 3.80. The Labute approximate surface area is 162 Å². The van der Waals surface area contributed by atoms with E-state index in [1.54, 1.807) is 11.3 Å². The van der Waals surface area contributed by atoms with Crippen molar-refractivity contribution in [2.45, 2.75) is 39.7 Å². The van der Waals surface area contributed by atoms with Crippen molar-refractivity contribution in [3.8, 4) is 0 Å². The van der Waals surface area contributed by atoms with Gasteiger partial charge in [0.25, 0.3) is 0 Å². The third-order valence-electron chi connectivity index (χ3n) is 4.59. The van der Waals surface area contributed by atoms with Crippen LogP contribution in [0.1, 0.15) is 45.2 Å². The minimum absolute atomic E-state index is 0. The average molecular weight is 450 g/mol. The maximum atomic E-state index is 6.26. The van der Waals surface area contributed by atoms with Crippen LogP contribution in [0.3, 0.4) is 0 Å². The molecular formula is C17H31IN4S. The maximum absolute atomic E-state index is 6.26. The van der Waals surface area contributed by atoms with E-state index >= 15 is 0 Å². The molecule has 1 aromatic rings. The first-order chi connectivity index (χ1) is 10.7. The van der Waals surface area contributed by atoms with Crippen molar-refractivity contribution in [3.05, 3.63) is 22.4 Å². The summed E-state index contributed by atoms with van der Waals surface area (Å²) in [5, 5.41) is 4.38. The number of piperidine rings is 1. The Hall–Kier alpha value is -0.340. The number of aliphatic imine (C=N–C) groups is 1. The number of nitrogens with zero attached hydrogens (tertiary/aromatic N) is 3. The Morgan fingerprint density at radius 1 is 1.48 bits per heavy atom. The summed E-state index contributed by atoms with van der Waals surface area (Å²) in [5.41, 5.74) is 7.61. The van der Waals surface area contributed by atoms with Gasteiger partial charge in [0, 0.05) is 13.1 Å². The Kier molecular flexibility index (Phi) is 9.46. The summed E-state index contributed by atoms with van der Waals surface area (Å²) in [6.45, 7) is 11.6. The molecule has 0 bridgehead atoms. The molecule has 1 aliphatic heterocycles. The fourth-order valence-electron chi connectivity index (χ4n) is 3.24. The standard InChI is InChI=1S/C17H30N4S.HI/c1-4-20(5-2)16(15-8-10-22-13-15)11-19-17(18)21-9-6-7-14(3)12-21;/h8,10,13-14,16H,4-7,9,11-12H2,1-3H3,(H2,18,19);1H. The second-order valence-corrected chi connectivity index (χ2v) is 6.97. The highest BCUT2D eigenvalue weighted by Crippen LogP contribution is 2.23. The van der Waals surface area contributed by atoms with Gasteiger partial charge in [-0.3, -0.25) is 9.89 Å². The third-order valence-corrected chi connectivity index (χ3v) is 5.29. The Morgan fingerprint density at radius 3 is 2.78 bits per heavy atom. The number of likely N-dealkylation sites (tertiary alicyclic amines) is 1. The molecule has 4 nitrogen and oxygen atoms in total. The van der Waals surface area contributed by atoms with Gasteiger partial charge in [0.05, 0.1) is 12.6 Å². The smallest absolute Gasteiger partial charge is 0.191 e. The first kappa shape index (κ1) is 20.7. The van der Waals surface area contributed by atoms with E-state index in [0.717, 1.165) is 44.6 Å². The number of hydrogen-bond acceptors (Lipinski definition) is 3. The highest BCUT2D eigenvalue weighted by Gasteiger charge is 2.20. The number of hydrogen-bond donors (Lipinski definition) is 1. The molecule has 0 radical (unpaired) electrons. The van der Waals surface area contributed by atoms with Crippen molar-refractivity contribution in [2.24, 2.45) is 16.6 Å². The summed E-state index contributed by atoms with van der Waals surface area (Å²) in [5.74, 6) is 1.44. The second kappa shape index (κ2) is 10.5. The molecule has 2 unspecified atom stereocenters. The van der Waals surface area contributed by atoms with Crippen LogP contribution in [0.5, 0.6) is 0 Å². The van der Waals surface area contributed by atoms with Gasteiger partial charge in [-0.25, -0.2) is 0 Å². The summed E-state index contributed by atoms with van der Waals surface area (Å²) in [4.78, 5) is 9.45. The summed E-state index contributed by atoms with van der Waals surface area (Å²) < 4.78 is 0. The van der Waals surface area contributed by atoms with Gasteiger partial charge in [0.2, 0.25) is 0 Å². The fraction of sp³-hybridized carbons (Fsp3) is 0.706. The zero-order valence-corrected chi connectivity index (χ0v) is 17.7. The minimum Gasteiger partial charge on any atom is -0.370 e. The van der Waals surface area contributed by atoms with Crippen LogP contribution in [0.2, 0.25) is 0 Å². The quantitative estimate of drug-likeness (QED) is 0.408. The zero-order valence-electron chi connectivity index (χ0n) is 14.6. The lowest BCUT2D eigenvalue weighted by Crippen LogP contribution is -2.44. The van der Waals surface area contributed by atoms with Gasteiger partial charge in [-0.15, -0.1) is 24.0 Å². The summed E-state index contributed by atoms with van der Waals surface area (Å²) in [6.07, 6.45) is 2.53. The first-order valence-electron chi connectivity index (χ1n) is 8.46. The summed E-state index contributed by atoms with van der Waals surface area (Å²) in [6, 6.07) is 2.55. The van der Waals surface area contributed by atoms with Crippen LogP contribution in [-0.2, 0) is 0 Å². The number of likely N-dealkylation sites (N-methyl/N-ethyl adjacent to an activating group) is 1. The highest BCUT2D eigenvalue weighted by atomic mass is 127. The molecule has 0 saturated carbocycles. The van der Waals surface area contributed by atoms with E-state index in [1.165, 1.54) is 18.4 Å². The van der Waals surface area contributed by atoms with Gasteiger partial charge in [-0.1, -0.05) is 20.8 Å². The number of halogens is 1. The Bertz CT molecular complexity index is 459. The molecule has 1 aliphatic rings. The number of thiophene rings is 1. The van der Waals surface area contributed by atoms with Crippen molar-refractivity contribution in [1.82, 2.24) is 9.80 Å². The molecule has 2 heterocycles. The molecule has 2 N–H and O–H groups in total. The van der Waals surface area contributed by atoms with E-state index < -0.39 is 0 Å². The van der Waals surface area contributed by atoms with Crippen LogP contribution < -0.4 is 5.73 Å². The molecule has 2 rings (SSSR count). The van der Waals surface area contributed by atoms with Crippen LogP contribution in [0.4, 0.5) is 0 Å². The van der Waals surface area contributed by atoms with E-state index in [0.29, 0.717) is 6.04 Å². The Balaban J connectivity index is 0.00000264. The molecule has 1 aromatic heterocycles. The van der Waals surface area contributed by atoms with Gasteiger partial charge in [-0.05, 0) is 54.2 Å². The van der Waals surface area contributed by atoms with Crippen molar-refractivity contribution < 1.29 is 0 Å². The van der Waals surface area contributed by atoms with E-state index in [9.17, 15) is 0 Å². The van der Waals surface area contributed by atoms with Crippen molar-refractivity contribution in [3.63, 3.8) is 0 Å². The molecule has 132 valence electrons. The molecule has 0 amide bonds. The lowest BCUT2D eigenvalue weighted by molar-refractivity contribution is 0.223. The van der Waals surface area contributed by atoms with Gasteiger partial charge in [0.1, 0.15) is 0 Å². The topological polar surface area (TPSA) is 44.9 Å². The normalized spacial score (nSPS) is 20.4. The van der Waals surface area contributed by atoms with Crippen LogP contribution in [0.15, 0.2) is 21.8 Å². The molecule has 0 aromatic carbocycles. The fourth-order valence-corrected chi connectivity index (χ4v) is 3.95. The van der Waals surface area contributed by atoms with Crippen LogP contribution in [-0.4, -0.2) is 48.5 Å². The Morgan fingerprint density at radius 2 is 2.22 bits per heavy atom. The van der Waals surface area contributed by atoms with Crippen molar-refractivity contribution >= 4 is 41.3 Å². The second-order valence-electron chi connectivity index (χ2n) is 6.19. The van der Waals surface area contributed by atoms with Crippen LogP contribution in [0.25, 0.3) is 0 Å². The molecule has 2 atom stereocenters. The molecule has 0 spiro atoms. The third kappa shape index (κ3) is 5.90. The molecule has 1 fully saturated rings. The van der Waals surface area contributed by atoms with E-state index in [1.807, 2.05) is 0 Å². The molecular weight excluding hydrogens is 419 g/mol. The SMILES string of the molecule is CCN(CC)C(CN=C(N)N1CCCC(C)C1)c1ccsc1.I. The van der Waals surface area contributed by atoms with Crippen LogP contribution >= 0.6 is 35.3 Å². The van der Waals surface area contributed by atoms with Crippen molar-refractivity contribution in [2.75, 3.05) is 32.7 Å². The van der Waals surface area contributed by atoms with Gasteiger partial charge in [-0.2, -0.15) is 11.3 Å². The van der Waals surface area contributed by atoms with E-state index in [2.05, 4.69) is 47.4 Å². The molecule has 23 heavy (non-hydrogen) atoms. The minimum atomic E-state index is 0. The lowest BCUT2D eigenvalue weighted by Gasteiger charge is -2.32. The van der Waals surface area contributed by atoms with E-state index in [-0.39, 0.29) is 24.0 Å². The summed E-state index contributed by atoms with van der Waals surface area (Å²) >= 11 is 1.75. The number of rotatable bonds is 6. The van der Waals surface area contributed by atoms with Gasteiger partial charge in [0.15, 0.2) is 5.96 Å². The maximum Gasteiger partial charge on any atom is 0.191 e. The predicted molar refractivity (Wildman–Crippen MR) is 112 cm³/mol.